The molecule has 0 bridgehead atoms. The quantitative estimate of drug-likeness (QED) is 0.257. The maximum Gasteiger partial charge on any atom is 0.303 e. The molecule has 0 spiro atoms. The highest BCUT2D eigenvalue weighted by Crippen LogP contribution is 2.33. The number of carboxylic acid groups (broad SMARTS) is 1. The van der Waals surface area contributed by atoms with Crippen LogP contribution in [0.25, 0.3) is 0 Å². The van der Waals surface area contributed by atoms with Crippen molar-refractivity contribution in [2.75, 3.05) is 13.2 Å². The van der Waals surface area contributed by atoms with Gasteiger partial charge in [-0.3, -0.25) is 39.0 Å². The number of piperidine rings is 1. The molecule has 5 amide bonds. The largest absolute Gasteiger partial charge is 0.493 e. The number of nitrogens with one attached hydrogen (secondary N) is 2. The van der Waals surface area contributed by atoms with Crippen molar-refractivity contribution in [3.63, 3.8) is 0 Å². The second-order valence-electron chi connectivity index (χ2n) is 8.84. The lowest BCUT2D eigenvalue weighted by Crippen LogP contribution is -2.54. The van der Waals surface area contributed by atoms with E-state index in [1.54, 1.807) is 12.1 Å². The maximum absolute atomic E-state index is 13.0. The van der Waals surface area contributed by atoms with Crippen molar-refractivity contribution < 1.29 is 38.6 Å². The van der Waals surface area contributed by atoms with Crippen molar-refractivity contribution in [3.05, 3.63) is 29.3 Å². The van der Waals surface area contributed by atoms with Crippen molar-refractivity contribution in [3.8, 4) is 5.75 Å². The van der Waals surface area contributed by atoms with Crippen molar-refractivity contribution in [1.82, 2.24) is 15.5 Å². The first-order valence-electron chi connectivity index (χ1n) is 12.3. The van der Waals surface area contributed by atoms with Gasteiger partial charge in [-0.1, -0.05) is 12.5 Å². The molecule has 11 nitrogen and oxygen atoms in total. The number of hydrogen-bond acceptors (Lipinski definition) is 7. The van der Waals surface area contributed by atoms with Crippen molar-refractivity contribution in [2.45, 2.75) is 70.3 Å². The number of imide groups is 2. The summed E-state index contributed by atoms with van der Waals surface area (Å²) in [4.78, 5) is 72.7. The third kappa shape index (κ3) is 6.89. The Bertz CT molecular complexity index is 1040. The molecule has 36 heavy (non-hydrogen) atoms. The molecule has 1 unspecified atom stereocenters. The summed E-state index contributed by atoms with van der Waals surface area (Å²) in [5.74, 6) is -2.88. The van der Waals surface area contributed by atoms with Gasteiger partial charge in [-0.05, 0) is 50.7 Å². The number of hydrogen-bond donors (Lipinski definition) is 3. The molecule has 0 aliphatic carbocycles. The summed E-state index contributed by atoms with van der Waals surface area (Å²) in [5.41, 5.74) is 0.289. The fourth-order valence-corrected chi connectivity index (χ4v) is 4.24. The predicted octanol–water partition coefficient (Wildman–Crippen LogP) is 1.79. The zero-order valence-electron chi connectivity index (χ0n) is 20.0. The lowest BCUT2D eigenvalue weighted by atomic mass is 10.0. The minimum atomic E-state index is -1.03. The minimum absolute atomic E-state index is 0.0484. The van der Waals surface area contributed by atoms with Crippen molar-refractivity contribution in [1.29, 1.82) is 0 Å². The van der Waals surface area contributed by atoms with Gasteiger partial charge in [0.2, 0.25) is 17.7 Å². The number of ether oxygens (including phenoxy) is 1. The first-order valence-corrected chi connectivity index (χ1v) is 12.3. The second kappa shape index (κ2) is 12.8. The summed E-state index contributed by atoms with van der Waals surface area (Å²) in [6, 6.07) is 3.69. The summed E-state index contributed by atoms with van der Waals surface area (Å²) in [7, 11) is 0. The molecule has 0 saturated carbocycles. The Morgan fingerprint density at radius 1 is 1.00 bits per heavy atom. The normalized spacial score (nSPS) is 17.1. The summed E-state index contributed by atoms with van der Waals surface area (Å²) in [6.45, 7) is 0.824. The number of carboxylic acids is 1. The lowest BCUT2D eigenvalue weighted by Gasteiger charge is -2.27. The van der Waals surface area contributed by atoms with E-state index in [-0.39, 0.29) is 42.0 Å². The Balaban J connectivity index is 1.39. The minimum Gasteiger partial charge on any atom is -0.493 e. The Labute approximate surface area is 208 Å². The average molecular weight is 502 g/mol. The van der Waals surface area contributed by atoms with Gasteiger partial charge in [-0.2, -0.15) is 0 Å². The van der Waals surface area contributed by atoms with E-state index >= 15 is 0 Å². The van der Waals surface area contributed by atoms with Gasteiger partial charge in [0.25, 0.3) is 11.8 Å². The van der Waals surface area contributed by atoms with Gasteiger partial charge in [0, 0.05) is 25.8 Å². The van der Waals surface area contributed by atoms with Crippen LogP contribution in [-0.4, -0.2) is 64.7 Å². The van der Waals surface area contributed by atoms with Crippen LogP contribution in [0.5, 0.6) is 5.75 Å². The number of aliphatic carboxylic acids is 1. The fourth-order valence-electron chi connectivity index (χ4n) is 4.24. The van der Waals surface area contributed by atoms with E-state index in [2.05, 4.69) is 10.6 Å². The number of nitrogens with zero attached hydrogens (tertiary/aromatic N) is 1. The standard InChI is InChI=1S/C25H31N3O8/c29-19(26-14-5-1-4-11-21(31)32)10-3-2-6-15-36-18-9-7-8-16-22(18)25(35)28(24(16)34)17-12-13-20(30)27-23(17)33/h7-9,17H,1-6,10-15H2,(H,26,29)(H,31,32)(H,27,30,33). The molecule has 0 aromatic heterocycles. The average Bonchev–Trinajstić information content (AvgIpc) is 3.09. The van der Waals surface area contributed by atoms with Crippen molar-refractivity contribution in [2.24, 2.45) is 0 Å². The molecule has 1 saturated heterocycles. The summed E-state index contributed by atoms with van der Waals surface area (Å²) >= 11 is 0. The first-order chi connectivity index (χ1) is 17.3. The Morgan fingerprint density at radius 2 is 1.75 bits per heavy atom. The number of fused-ring (bicyclic) bond motifs is 1. The van der Waals surface area contributed by atoms with E-state index in [1.165, 1.54) is 6.07 Å². The van der Waals surface area contributed by atoms with Gasteiger partial charge in [0.15, 0.2) is 0 Å². The van der Waals surface area contributed by atoms with E-state index in [0.29, 0.717) is 38.8 Å². The van der Waals surface area contributed by atoms with Crippen molar-refractivity contribution >= 4 is 35.5 Å². The molecule has 1 aromatic carbocycles. The first kappa shape index (κ1) is 26.8. The van der Waals surface area contributed by atoms with Crippen LogP contribution in [0.2, 0.25) is 0 Å². The van der Waals surface area contributed by atoms with Gasteiger partial charge < -0.3 is 15.2 Å². The third-order valence-corrected chi connectivity index (χ3v) is 6.13. The molecule has 2 aliphatic rings. The molecule has 2 heterocycles. The number of carbonyl (C=O) groups excluding carboxylic acids is 5. The molecule has 11 heteroatoms. The van der Waals surface area contributed by atoms with Gasteiger partial charge >= 0.3 is 5.97 Å². The molecule has 0 radical (unpaired) electrons. The van der Waals surface area contributed by atoms with Crippen LogP contribution in [0, 0.1) is 0 Å². The zero-order chi connectivity index (χ0) is 26.1. The van der Waals surface area contributed by atoms with Crippen LogP contribution in [0.15, 0.2) is 18.2 Å². The van der Waals surface area contributed by atoms with E-state index in [9.17, 15) is 28.8 Å². The molecule has 1 atom stereocenters. The molecule has 3 rings (SSSR count). The molecule has 3 N–H and O–H groups in total. The van der Waals surface area contributed by atoms with E-state index < -0.39 is 35.6 Å². The number of benzene rings is 1. The van der Waals surface area contributed by atoms with Crippen LogP contribution in [0.4, 0.5) is 0 Å². The monoisotopic (exact) mass is 501 g/mol. The van der Waals surface area contributed by atoms with Crippen LogP contribution >= 0.6 is 0 Å². The van der Waals surface area contributed by atoms with Gasteiger partial charge in [0.05, 0.1) is 17.7 Å². The van der Waals surface area contributed by atoms with Crippen LogP contribution in [-0.2, 0) is 19.2 Å². The SMILES string of the molecule is O=C(O)CCCCCNC(=O)CCCCCOc1cccc2c1C(=O)N(C1CCC(=O)NC1=O)C2=O. The lowest BCUT2D eigenvalue weighted by molar-refractivity contribution is -0.138. The predicted molar refractivity (Wildman–Crippen MR) is 126 cm³/mol. The maximum atomic E-state index is 13.0. The van der Waals surface area contributed by atoms with Crippen LogP contribution < -0.4 is 15.4 Å². The Hall–Kier alpha value is -3.76. The van der Waals surface area contributed by atoms with Crippen LogP contribution in [0.1, 0.15) is 84.9 Å². The molecule has 194 valence electrons. The van der Waals surface area contributed by atoms with Crippen LogP contribution in [0.3, 0.4) is 0 Å². The zero-order valence-corrected chi connectivity index (χ0v) is 20.0. The summed E-state index contributed by atoms with van der Waals surface area (Å²) in [6.07, 6.45) is 4.81. The highest BCUT2D eigenvalue weighted by molar-refractivity contribution is 6.24. The Kier molecular flexibility index (Phi) is 9.54. The highest BCUT2D eigenvalue weighted by Gasteiger charge is 2.45. The molecular weight excluding hydrogens is 470 g/mol. The summed E-state index contributed by atoms with van der Waals surface area (Å²) < 4.78 is 5.78. The molecule has 1 fully saturated rings. The van der Waals surface area contributed by atoms with Gasteiger partial charge in [-0.15, -0.1) is 0 Å². The van der Waals surface area contributed by atoms with E-state index in [0.717, 1.165) is 24.2 Å². The topological polar surface area (TPSA) is 159 Å². The van der Waals surface area contributed by atoms with E-state index in [1.807, 2.05) is 0 Å². The smallest absolute Gasteiger partial charge is 0.303 e. The number of amides is 5. The summed E-state index contributed by atoms with van der Waals surface area (Å²) in [5, 5.41) is 13.6. The second-order valence-corrected chi connectivity index (χ2v) is 8.84. The number of carbonyl (C=O) groups is 6. The molecule has 1 aromatic rings. The Morgan fingerprint density at radius 3 is 2.50 bits per heavy atom. The van der Waals surface area contributed by atoms with Gasteiger partial charge in [-0.25, -0.2) is 0 Å². The fraction of sp³-hybridized carbons (Fsp3) is 0.520. The third-order valence-electron chi connectivity index (χ3n) is 6.13. The van der Waals surface area contributed by atoms with Gasteiger partial charge in [0.1, 0.15) is 11.8 Å². The number of rotatable bonds is 14. The van der Waals surface area contributed by atoms with E-state index in [4.69, 9.17) is 9.84 Å². The molecular formula is C25H31N3O8. The molecule has 2 aliphatic heterocycles. The highest BCUT2D eigenvalue weighted by atomic mass is 16.5. The number of unbranched alkanes of at least 4 members (excludes halogenated alkanes) is 4.